The van der Waals surface area contributed by atoms with Crippen molar-refractivity contribution in [1.29, 1.82) is 0 Å². The Bertz CT molecular complexity index is 228. The Balaban J connectivity index is 0.00000196. The standard InChI is InChI=1S/C10H17NO3.H2O/c1-4-11-9-7(3)14-8(5-12)6(2)10(9)13;/h1,6-13H,5H2,2-3H3;1H2/t6-,7+,8?,9?,10?;/m1./s1. The number of terminal acetylenes is 1. The van der Waals surface area contributed by atoms with Gasteiger partial charge >= 0.3 is 0 Å². The Labute approximate surface area is 89.7 Å². The summed E-state index contributed by atoms with van der Waals surface area (Å²) in [5, 5.41) is 21.6. The van der Waals surface area contributed by atoms with E-state index >= 15 is 0 Å². The van der Waals surface area contributed by atoms with Crippen molar-refractivity contribution < 1.29 is 20.4 Å². The molecule has 3 unspecified atom stereocenters. The van der Waals surface area contributed by atoms with Crippen LogP contribution in [0.4, 0.5) is 0 Å². The maximum Gasteiger partial charge on any atom is 0.0862 e. The Morgan fingerprint density at radius 3 is 2.53 bits per heavy atom. The molecule has 0 aromatic heterocycles. The minimum Gasteiger partial charge on any atom is -0.412 e. The van der Waals surface area contributed by atoms with Gasteiger partial charge in [-0.25, -0.2) is 0 Å². The lowest BCUT2D eigenvalue weighted by atomic mass is 9.87. The fourth-order valence-corrected chi connectivity index (χ4v) is 1.82. The first kappa shape index (κ1) is 14.2. The molecular formula is C10H19NO4. The van der Waals surface area contributed by atoms with Crippen molar-refractivity contribution in [3.8, 4) is 12.5 Å². The Morgan fingerprint density at radius 2 is 2.07 bits per heavy atom. The lowest BCUT2D eigenvalue weighted by Crippen LogP contribution is -2.58. The molecule has 1 rings (SSSR count). The highest BCUT2D eigenvalue weighted by molar-refractivity contribution is 4.97. The monoisotopic (exact) mass is 217 g/mol. The van der Waals surface area contributed by atoms with E-state index in [1.807, 2.05) is 13.8 Å². The van der Waals surface area contributed by atoms with Crippen LogP contribution in [0.25, 0.3) is 0 Å². The van der Waals surface area contributed by atoms with Gasteiger partial charge in [0, 0.05) is 12.0 Å². The molecule has 5 atom stereocenters. The molecule has 1 fully saturated rings. The zero-order chi connectivity index (χ0) is 10.7. The number of rotatable bonds is 2. The fourth-order valence-electron chi connectivity index (χ4n) is 1.82. The van der Waals surface area contributed by atoms with E-state index in [2.05, 4.69) is 11.4 Å². The van der Waals surface area contributed by atoms with Crippen LogP contribution in [0.1, 0.15) is 13.8 Å². The number of nitrogens with one attached hydrogen (secondary N) is 1. The molecule has 0 aliphatic carbocycles. The van der Waals surface area contributed by atoms with Gasteiger partial charge in [-0.1, -0.05) is 13.3 Å². The van der Waals surface area contributed by atoms with Gasteiger partial charge in [-0.3, -0.25) is 0 Å². The molecule has 5 N–H and O–H groups in total. The number of aliphatic hydroxyl groups excluding tert-OH is 2. The second-order valence-corrected chi connectivity index (χ2v) is 3.73. The second kappa shape index (κ2) is 5.93. The molecule has 0 bridgehead atoms. The summed E-state index contributed by atoms with van der Waals surface area (Å²) >= 11 is 0. The SMILES string of the molecule is C#CNC1C(O)[C@H](C)C(CO)O[C@H]1C.O. The van der Waals surface area contributed by atoms with Crippen molar-refractivity contribution in [2.45, 2.75) is 38.2 Å². The second-order valence-electron chi connectivity index (χ2n) is 3.73. The topological polar surface area (TPSA) is 93.2 Å². The molecule has 1 aliphatic rings. The van der Waals surface area contributed by atoms with Gasteiger partial charge < -0.3 is 25.7 Å². The number of hydrogen-bond donors (Lipinski definition) is 3. The average Bonchev–Trinajstić information content (AvgIpc) is 2.18. The van der Waals surface area contributed by atoms with E-state index in [9.17, 15) is 5.11 Å². The van der Waals surface area contributed by atoms with E-state index in [4.69, 9.17) is 16.3 Å². The highest BCUT2D eigenvalue weighted by Crippen LogP contribution is 2.25. The molecule has 0 saturated carbocycles. The van der Waals surface area contributed by atoms with Crippen molar-refractivity contribution in [2.24, 2.45) is 5.92 Å². The van der Waals surface area contributed by atoms with Crippen LogP contribution in [0.15, 0.2) is 0 Å². The van der Waals surface area contributed by atoms with Crippen molar-refractivity contribution in [1.82, 2.24) is 5.32 Å². The van der Waals surface area contributed by atoms with Crippen LogP contribution >= 0.6 is 0 Å². The molecule has 0 amide bonds. The third kappa shape index (κ3) is 2.83. The number of ether oxygens (including phenoxy) is 1. The van der Waals surface area contributed by atoms with Gasteiger partial charge in [0.25, 0.3) is 0 Å². The van der Waals surface area contributed by atoms with Crippen molar-refractivity contribution in [3.63, 3.8) is 0 Å². The molecule has 0 radical (unpaired) electrons. The maximum atomic E-state index is 9.89. The van der Waals surface area contributed by atoms with E-state index < -0.39 is 6.10 Å². The van der Waals surface area contributed by atoms with Gasteiger partial charge in [-0.05, 0) is 6.92 Å². The van der Waals surface area contributed by atoms with E-state index in [0.29, 0.717) is 0 Å². The molecule has 1 heterocycles. The normalized spacial score (nSPS) is 40.1. The summed E-state index contributed by atoms with van der Waals surface area (Å²) in [4.78, 5) is 0. The fraction of sp³-hybridized carbons (Fsp3) is 0.800. The number of aliphatic hydroxyl groups is 2. The first-order valence-electron chi connectivity index (χ1n) is 4.77. The van der Waals surface area contributed by atoms with E-state index in [1.54, 1.807) is 0 Å². The minimum atomic E-state index is -0.591. The summed E-state index contributed by atoms with van der Waals surface area (Å²) in [6.45, 7) is 3.58. The zero-order valence-electron chi connectivity index (χ0n) is 8.97. The molecule has 0 aromatic carbocycles. The molecule has 88 valence electrons. The molecule has 1 saturated heterocycles. The van der Waals surface area contributed by atoms with Crippen LogP contribution in [-0.2, 0) is 4.74 Å². The van der Waals surface area contributed by atoms with Crippen molar-refractivity contribution in [3.05, 3.63) is 0 Å². The quantitative estimate of drug-likeness (QED) is 0.387. The highest BCUT2D eigenvalue weighted by atomic mass is 16.5. The van der Waals surface area contributed by atoms with Gasteiger partial charge in [0.05, 0.1) is 31.0 Å². The van der Waals surface area contributed by atoms with Gasteiger partial charge in [-0.2, -0.15) is 0 Å². The molecule has 5 heteroatoms. The summed E-state index contributed by atoms with van der Waals surface area (Å²) in [6.07, 6.45) is 4.02. The predicted octanol–water partition coefficient (Wildman–Crippen LogP) is -1.51. The first-order valence-corrected chi connectivity index (χ1v) is 4.77. The largest absolute Gasteiger partial charge is 0.412 e. The smallest absolute Gasteiger partial charge is 0.0862 e. The van der Waals surface area contributed by atoms with E-state index in [0.717, 1.165) is 0 Å². The van der Waals surface area contributed by atoms with E-state index in [-0.39, 0.29) is 36.3 Å². The maximum absolute atomic E-state index is 9.89. The summed E-state index contributed by atoms with van der Waals surface area (Å²) < 4.78 is 5.52. The molecule has 15 heavy (non-hydrogen) atoms. The Hall–Kier alpha value is -0.800. The number of hydrogen-bond acceptors (Lipinski definition) is 4. The predicted molar refractivity (Wildman–Crippen MR) is 56.0 cm³/mol. The molecular weight excluding hydrogens is 198 g/mol. The summed E-state index contributed by atoms with van der Waals surface area (Å²) in [5.74, 6) is -0.123. The third-order valence-corrected chi connectivity index (χ3v) is 2.82. The van der Waals surface area contributed by atoms with Crippen LogP contribution in [0.2, 0.25) is 0 Å². The van der Waals surface area contributed by atoms with Gasteiger partial charge in [0.15, 0.2) is 0 Å². The van der Waals surface area contributed by atoms with Crippen LogP contribution in [0.3, 0.4) is 0 Å². The molecule has 5 nitrogen and oxygen atoms in total. The Morgan fingerprint density at radius 1 is 1.47 bits per heavy atom. The third-order valence-electron chi connectivity index (χ3n) is 2.82. The van der Waals surface area contributed by atoms with Crippen LogP contribution in [0.5, 0.6) is 0 Å². The first-order chi connectivity index (χ1) is 6.61. The molecule has 0 spiro atoms. The summed E-state index contributed by atoms with van der Waals surface area (Å²) in [6, 6.07) is 2.03. The van der Waals surface area contributed by atoms with Gasteiger partial charge in [-0.15, -0.1) is 0 Å². The van der Waals surface area contributed by atoms with E-state index in [1.165, 1.54) is 0 Å². The lowest BCUT2D eigenvalue weighted by Gasteiger charge is -2.41. The van der Waals surface area contributed by atoms with Crippen molar-refractivity contribution >= 4 is 0 Å². The van der Waals surface area contributed by atoms with Crippen LogP contribution in [-0.4, -0.2) is 46.6 Å². The average molecular weight is 217 g/mol. The molecule has 1 aliphatic heterocycles. The van der Waals surface area contributed by atoms with Crippen molar-refractivity contribution in [2.75, 3.05) is 6.61 Å². The summed E-state index contributed by atoms with van der Waals surface area (Å²) in [5.41, 5.74) is 0. The van der Waals surface area contributed by atoms with Crippen LogP contribution in [0, 0.1) is 18.4 Å². The van der Waals surface area contributed by atoms with Crippen LogP contribution < -0.4 is 5.32 Å². The van der Waals surface area contributed by atoms with Gasteiger partial charge in [0.1, 0.15) is 0 Å². The highest BCUT2D eigenvalue weighted by Gasteiger charge is 2.40. The van der Waals surface area contributed by atoms with Gasteiger partial charge in [0.2, 0.25) is 0 Å². The summed E-state index contributed by atoms with van der Waals surface area (Å²) in [7, 11) is 0. The Kier molecular flexibility index (Phi) is 5.61. The lowest BCUT2D eigenvalue weighted by molar-refractivity contribution is -0.153. The zero-order valence-corrected chi connectivity index (χ0v) is 8.97. The minimum absolute atomic E-state index is 0. The molecule has 0 aromatic rings.